The summed E-state index contributed by atoms with van der Waals surface area (Å²) in [6, 6.07) is 11.8. The highest BCUT2D eigenvalue weighted by atomic mass is 16.5. The molecule has 0 aliphatic carbocycles. The van der Waals surface area contributed by atoms with Gasteiger partial charge in [-0.05, 0) is 81.5 Å². The van der Waals surface area contributed by atoms with E-state index >= 15 is 0 Å². The number of piperidine rings is 1. The first-order chi connectivity index (χ1) is 13.1. The molecule has 0 atom stereocenters. The lowest BCUT2D eigenvalue weighted by Crippen LogP contribution is -2.35. The number of ether oxygens (including phenoxy) is 2. The Hall–Kier alpha value is -2.49. The van der Waals surface area contributed by atoms with Crippen LogP contribution in [0.3, 0.4) is 0 Å². The Morgan fingerprint density at radius 3 is 2.33 bits per heavy atom. The summed E-state index contributed by atoms with van der Waals surface area (Å²) in [5.41, 5.74) is 3.95. The number of rotatable bonds is 6. The van der Waals surface area contributed by atoms with Crippen LogP contribution < -0.4 is 9.47 Å². The zero-order valence-electron chi connectivity index (χ0n) is 16.6. The average molecular weight is 367 g/mol. The van der Waals surface area contributed by atoms with Gasteiger partial charge in [0, 0.05) is 24.2 Å². The Kier molecular flexibility index (Phi) is 6.38. The number of benzene rings is 2. The van der Waals surface area contributed by atoms with Crippen LogP contribution in [0.4, 0.5) is 0 Å². The first-order valence-electron chi connectivity index (χ1n) is 9.83. The molecule has 0 unspecified atom stereocenters. The van der Waals surface area contributed by atoms with Crippen molar-refractivity contribution in [1.82, 2.24) is 4.90 Å². The molecule has 3 rings (SSSR count). The predicted octanol–water partition coefficient (Wildman–Crippen LogP) is 4.91. The monoisotopic (exact) mass is 367 g/mol. The van der Waals surface area contributed by atoms with Crippen LogP contribution in [0.25, 0.3) is 0 Å². The molecule has 27 heavy (non-hydrogen) atoms. The third kappa shape index (κ3) is 5.03. The molecule has 0 spiro atoms. The number of aryl methyl sites for hydroxylation is 2. The molecule has 1 aliphatic rings. The van der Waals surface area contributed by atoms with E-state index < -0.39 is 0 Å². The van der Waals surface area contributed by atoms with E-state index in [2.05, 4.69) is 19.9 Å². The van der Waals surface area contributed by atoms with E-state index in [4.69, 9.17) is 9.47 Å². The van der Waals surface area contributed by atoms with Gasteiger partial charge in [0.25, 0.3) is 5.91 Å². The molecule has 144 valence electrons. The number of likely N-dealkylation sites (tertiary alicyclic amines) is 1. The van der Waals surface area contributed by atoms with Gasteiger partial charge in [-0.2, -0.15) is 0 Å². The van der Waals surface area contributed by atoms with Crippen LogP contribution in [0.5, 0.6) is 11.5 Å². The lowest BCUT2D eigenvalue weighted by atomic mass is 10.1. The van der Waals surface area contributed by atoms with Gasteiger partial charge in [-0.3, -0.25) is 4.79 Å². The number of carbonyl (C=O) groups is 1. The summed E-state index contributed by atoms with van der Waals surface area (Å²) in [5.74, 6) is 1.71. The summed E-state index contributed by atoms with van der Waals surface area (Å²) in [7, 11) is 0. The molecule has 1 aliphatic heterocycles. The molecule has 1 fully saturated rings. The van der Waals surface area contributed by atoms with Gasteiger partial charge >= 0.3 is 0 Å². The summed E-state index contributed by atoms with van der Waals surface area (Å²) < 4.78 is 11.8. The maximum atomic E-state index is 12.8. The van der Waals surface area contributed by atoms with Crippen LogP contribution in [0.15, 0.2) is 36.4 Å². The van der Waals surface area contributed by atoms with Crippen molar-refractivity contribution in [2.24, 2.45) is 0 Å². The van der Waals surface area contributed by atoms with Gasteiger partial charge in [0.05, 0.1) is 6.61 Å². The molecule has 4 nitrogen and oxygen atoms in total. The van der Waals surface area contributed by atoms with Crippen molar-refractivity contribution >= 4 is 5.91 Å². The minimum absolute atomic E-state index is 0.102. The Labute approximate surface area is 162 Å². The van der Waals surface area contributed by atoms with Crippen molar-refractivity contribution in [3.05, 3.63) is 58.7 Å². The Morgan fingerprint density at radius 2 is 1.67 bits per heavy atom. The van der Waals surface area contributed by atoms with Gasteiger partial charge in [-0.1, -0.05) is 6.07 Å². The number of hydrogen-bond acceptors (Lipinski definition) is 3. The third-order valence-corrected chi connectivity index (χ3v) is 4.84. The lowest BCUT2D eigenvalue weighted by molar-refractivity contribution is 0.0724. The second-order valence-corrected chi connectivity index (χ2v) is 7.22. The molecular weight excluding hydrogens is 338 g/mol. The van der Waals surface area contributed by atoms with E-state index in [1.165, 1.54) is 17.5 Å². The molecular formula is C23H29NO3. The van der Waals surface area contributed by atoms with Gasteiger partial charge in [0.2, 0.25) is 0 Å². The van der Waals surface area contributed by atoms with Crippen LogP contribution >= 0.6 is 0 Å². The van der Waals surface area contributed by atoms with Crippen molar-refractivity contribution < 1.29 is 14.3 Å². The van der Waals surface area contributed by atoms with Crippen molar-refractivity contribution in [3.8, 4) is 11.5 Å². The van der Waals surface area contributed by atoms with Gasteiger partial charge in [0.1, 0.15) is 18.1 Å². The van der Waals surface area contributed by atoms with Crippen LogP contribution in [-0.2, 0) is 6.61 Å². The Balaban J connectivity index is 1.79. The van der Waals surface area contributed by atoms with Crippen LogP contribution in [0, 0.1) is 13.8 Å². The molecule has 0 aromatic heterocycles. The summed E-state index contributed by atoms with van der Waals surface area (Å²) in [6.45, 7) is 8.73. The van der Waals surface area contributed by atoms with Crippen LogP contribution in [-0.4, -0.2) is 30.5 Å². The molecule has 0 N–H and O–H groups in total. The molecule has 2 aromatic carbocycles. The molecule has 0 bridgehead atoms. The van der Waals surface area contributed by atoms with Gasteiger partial charge in [-0.25, -0.2) is 0 Å². The van der Waals surface area contributed by atoms with Gasteiger partial charge in [0.15, 0.2) is 0 Å². The Morgan fingerprint density at radius 1 is 0.963 bits per heavy atom. The molecule has 4 heteroatoms. The summed E-state index contributed by atoms with van der Waals surface area (Å²) in [6.07, 6.45) is 3.39. The van der Waals surface area contributed by atoms with Crippen molar-refractivity contribution in [2.45, 2.75) is 46.6 Å². The van der Waals surface area contributed by atoms with E-state index in [9.17, 15) is 4.79 Å². The highest BCUT2D eigenvalue weighted by molar-refractivity contribution is 5.94. The number of carbonyl (C=O) groups excluding carboxylic acids is 1. The van der Waals surface area contributed by atoms with E-state index in [0.717, 1.165) is 43.0 Å². The molecule has 2 aromatic rings. The second kappa shape index (κ2) is 8.94. The van der Waals surface area contributed by atoms with Crippen molar-refractivity contribution in [2.75, 3.05) is 19.7 Å². The lowest BCUT2D eigenvalue weighted by Gasteiger charge is -2.27. The third-order valence-electron chi connectivity index (χ3n) is 4.84. The molecule has 0 radical (unpaired) electrons. The van der Waals surface area contributed by atoms with E-state index in [1.54, 1.807) is 0 Å². The highest BCUT2D eigenvalue weighted by Crippen LogP contribution is 2.25. The minimum Gasteiger partial charge on any atom is -0.493 e. The van der Waals surface area contributed by atoms with Crippen LogP contribution in [0.1, 0.15) is 53.2 Å². The topological polar surface area (TPSA) is 38.8 Å². The van der Waals surface area contributed by atoms with Gasteiger partial charge < -0.3 is 14.4 Å². The first-order valence-corrected chi connectivity index (χ1v) is 9.83. The summed E-state index contributed by atoms with van der Waals surface area (Å²) in [4.78, 5) is 14.8. The molecule has 1 heterocycles. The first kappa shape index (κ1) is 19.3. The summed E-state index contributed by atoms with van der Waals surface area (Å²) >= 11 is 0. The largest absolute Gasteiger partial charge is 0.493 e. The fraction of sp³-hybridized carbons (Fsp3) is 0.435. The predicted molar refractivity (Wildman–Crippen MR) is 108 cm³/mol. The zero-order valence-corrected chi connectivity index (χ0v) is 16.6. The molecule has 1 amide bonds. The summed E-state index contributed by atoms with van der Waals surface area (Å²) in [5, 5.41) is 0. The maximum absolute atomic E-state index is 12.8. The van der Waals surface area contributed by atoms with Crippen molar-refractivity contribution in [1.29, 1.82) is 0 Å². The zero-order chi connectivity index (χ0) is 19.2. The fourth-order valence-corrected chi connectivity index (χ4v) is 3.58. The average Bonchev–Trinajstić information content (AvgIpc) is 2.67. The number of nitrogens with zero attached hydrogens (tertiary/aromatic N) is 1. The number of hydrogen-bond donors (Lipinski definition) is 0. The Bertz CT molecular complexity index is 774. The maximum Gasteiger partial charge on any atom is 0.253 e. The quantitative estimate of drug-likeness (QED) is 0.728. The van der Waals surface area contributed by atoms with E-state index in [1.807, 2.05) is 42.2 Å². The SMILES string of the molecule is CCOc1ccc(C(=O)N2CCCCC2)cc1COc1cc(C)cc(C)c1. The fourth-order valence-electron chi connectivity index (χ4n) is 3.58. The van der Waals surface area contributed by atoms with Crippen LogP contribution in [0.2, 0.25) is 0 Å². The number of amides is 1. The van der Waals surface area contributed by atoms with E-state index in [0.29, 0.717) is 18.8 Å². The second-order valence-electron chi connectivity index (χ2n) is 7.22. The standard InChI is InChI=1S/C23H29NO3/c1-4-26-22-9-8-19(23(25)24-10-6-5-7-11-24)15-20(22)16-27-21-13-17(2)12-18(3)14-21/h8-9,12-15H,4-7,10-11,16H2,1-3H3. The minimum atomic E-state index is 0.102. The van der Waals surface area contributed by atoms with Crippen molar-refractivity contribution in [3.63, 3.8) is 0 Å². The van der Waals surface area contributed by atoms with Gasteiger partial charge in [-0.15, -0.1) is 0 Å². The highest BCUT2D eigenvalue weighted by Gasteiger charge is 2.19. The molecule has 1 saturated heterocycles. The molecule has 0 saturated carbocycles. The van der Waals surface area contributed by atoms with E-state index in [-0.39, 0.29) is 5.91 Å². The smallest absolute Gasteiger partial charge is 0.253 e. The normalized spacial score (nSPS) is 14.1.